The number of para-hydroxylation sites is 1. The van der Waals surface area contributed by atoms with Gasteiger partial charge >= 0.3 is 0 Å². The highest BCUT2D eigenvalue weighted by atomic mass is 32.1. The van der Waals surface area contributed by atoms with E-state index in [9.17, 15) is 0 Å². The molecular formula is C13H13N5OS. The third kappa shape index (κ3) is 1.78. The number of nitrogen functional groups attached to an aromatic ring is 1. The van der Waals surface area contributed by atoms with E-state index in [0.29, 0.717) is 6.61 Å². The number of aromatic nitrogens is 4. The zero-order chi connectivity index (χ0) is 13.5. The maximum absolute atomic E-state index is 6.00. The van der Waals surface area contributed by atoms with E-state index in [1.807, 2.05) is 28.8 Å². The number of benzene rings is 1. The molecule has 7 heteroatoms. The molecule has 1 aromatic carbocycles. The fraction of sp³-hybridized carbons (Fsp3) is 0.308. The normalized spacial score (nSPS) is 18.9. The van der Waals surface area contributed by atoms with E-state index in [-0.39, 0.29) is 5.92 Å². The van der Waals surface area contributed by atoms with Crippen LogP contribution < -0.4 is 5.73 Å². The number of hydrogen-bond donors (Lipinski definition) is 1. The summed E-state index contributed by atoms with van der Waals surface area (Å²) < 4.78 is 7.24. The molecule has 1 atom stereocenters. The predicted octanol–water partition coefficient (Wildman–Crippen LogP) is 1.94. The highest BCUT2D eigenvalue weighted by Crippen LogP contribution is 2.31. The van der Waals surface area contributed by atoms with Crippen molar-refractivity contribution in [2.45, 2.75) is 12.3 Å². The third-order valence-corrected chi connectivity index (χ3v) is 4.43. The van der Waals surface area contributed by atoms with Gasteiger partial charge in [0.25, 0.3) is 0 Å². The summed E-state index contributed by atoms with van der Waals surface area (Å²) >= 11 is 1.50. The van der Waals surface area contributed by atoms with Gasteiger partial charge in [-0.2, -0.15) is 9.61 Å². The molecule has 1 unspecified atom stereocenters. The van der Waals surface area contributed by atoms with Crippen LogP contribution in [0.2, 0.25) is 0 Å². The molecule has 0 aliphatic carbocycles. The van der Waals surface area contributed by atoms with Crippen molar-refractivity contribution in [3.63, 3.8) is 0 Å². The molecular weight excluding hydrogens is 274 g/mol. The van der Waals surface area contributed by atoms with Crippen LogP contribution in [0.3, 0.4) is 0 Å². The van der Waals surface area contributed by atoms with E-state index >= 15 is 0 Å². The number of nitrogens with two attached hydrogens (primary N) is 1. The molecule has 0 spiro atoms. The number of hydrogen-bond acceptors (Lipinski definition) is 6. The van der Waals surface area contributed by atoms with Crippen LogP contribution in [0.1, 0.15) is 18.2 Å². The molecule has 1 aliphatic heterocycles. The second kappa shape index (κ2) is 4.53. The molecule has 0 radical (unpaired) electrons. The Morgan fingerprint density at radius 1 is 1.30 bits per heavy atom. The summed E-state index contributed by atoms with van der Waals surface area (Å²) in [4.78, 5) is 0.796. The van der Waals surface area contributed by atoms with E-state index < -0.39 is 0 Å². The van der Waals surface area contributed by atoms with Crippen LogP contribution in [0.15, 0.2) is 24.3 Å². The van der Waals surface area contributed by atoms with Crippen molar-refractivity contribution >= 4 is 22.0 Å². The van der Waals surface area contributed by atoms with Gasteiger partial charge in [-0.25, -0.2) is 0 Å². The van der Waals surface area contributed by atoms with Crippen molar-refractivity contribution < 1.29 is 4.74 Å². The van der Waals surface area contributed by atoms with Gasteiger partial charge in [-0.05, 0) is 18.6 Å². The van der Waals surface area contributed by atoms with Gasteiger partial charge in [0.15, 0.2) is 5.82 Å². The highest BCUT2D eigenvalue weighted by molar-refractivity contribution is 7.19. The molecule has 3 aromatic rings. The zero-order valence-corrected chi connectivity index (χ0v) is 11.5. The van der Waals surface area contributed by atoms with Gasteiger partial charge in [0, 0.05) is 23.8 Å². The van der Waals surface area contributed by atoms with Crippen molar-refractivity contribution in [1.29, 1.82) is 0 Å². The molecule has 1 aliphatic rings. The maximum atomic E-state index is 6.00. The monoisotopic (exact) mass is 287 g/mol. The summed E-state index contributed by atoms with van der Waals surface area (Å²) in [5.74, 6) is 1.17. The average Bonchev–Trinajstić information content (AvgIpc) is 3.14. The molecule has 102 valence electrons. The summed E-state index contributed by atoms with van der Waals surface area (Å²) in [6.07, 6.45) is 0.973. The van der Waals surface area contributed by atoms with Crippen LogP contribution >= 0.6 is 11.3 Å². The second-order valence-electron chi connectivity index (χ2n) is 4.81. The Kier molecular flexibility index (Phi) is 2.68. The Hall–Kier alpha value is -1.99. The van der Waals surface area contributed by atoms with Gasteiger partial charge in [0.05, 0.1) is 6.61 Å². The summed E-state index contributed by atoms with van der Waals surface area (Å²) in [5, 5.41) is 13.9. The van der Waals surface area contributed by atoms with E-state index in [1.54, 1.807) is 0 Å². The van der Waals surface area contributed by atoms with Crippen LogP contribution in [0.25, 0.3) is 15.5 Å². The van der Waals surface area contributed by atoms with E-state index in [1.165, 1.54) is 11.3 Å². The first-order valence-corrected chi connectivity index (χ1v) is 7.29. The minimum absolute atomic E-state index is 0.285. The Labute approximate surface area is 119 Å². The lowest BCUT2D eigenvalue weighted by Crippen LogP contribution is -2.04. The first kappa shape index (κ1) is 11.8. The first-order chi connectivity index (χ1) is 9.83. The molecule has 20 heavy (non-hydrogen) atoms. The smallest absolute Gasteiger partial charge is 0.234 e. The summed E-state index contributed by atoms with van der Waals surface area (Å²) in [6.45, 7) is 1.48. The lowest BCUT2D eigenvalue weighted by molar-refractivity contribution is 0.193. The molecule has 3 heterocycles. The number of fused-ring (bicyclic) bond motifs is 1. The number of nitrogens with zero attached hydrogens (tertiary/aromatic N) is 4. The zero-order valence-electron chi connectivity index (χ0n) is 10.7. The Morgan fingerprint density at radius 3 is 3.00 bits per heavy atom. The number of rotatable bonds is 2. The molecule has 2 N–H and O–H groups in total. The maximum Gasteiger partial charge on any atom is 0.234 e. The fourth-order valence-corrected chi connectivity index (χ4v) is 3.32. The van der Waals surface area contributed by atoms with Crippen molar-refractivity contribution in [2.24, 2.45) is 0 Å². The Morgan fingerprint density at radius 2 is 2.20 bits per heavy atom. The quantitative estimate of drug-likeness (QED) is 0.729. The average molecular weight is 287 g/mol. The number of ether oxygens (including phenoxy) is 1. The van der Waals surface area contributed by atoms with Gasteiger partial charge in [-0.15, -0.1) is 10.2 Å². The van der Waals surface area contributed by atoms with E-state index in [2.05, 4.69) is 15.3 Å². The van der Waals surface area contributed by atoms with Gasteiger partial charge in [-0.3, -0.25) is 0 Å². The Balaban J connectivity index is 1.81. The lowest BCUT2D eigenvalue weighted by atomic mass is 10.1. The van der Waals surface area contributed by atoms with Crippen molar-refractivity contribution in [1.82, 2.24) is 19.8 Å². The second-order valence-corrected chi connectivity index (χ2v) is 5.76. The van der Waals surface area contributed by atoms with Crippen LogP contribution in [0, 0.1) is 0 Å². The first-order valence-electron chi connectivity index (χ1n) is 6.47. The molecule has 0 saturated carbocycles. The van der Waals surface area contributed by atoms with Crippen molar-refractivity contribution in [2.75, 3.05) is 18.9 Å². The van der Waals surface area contributed by atoms with Gasteiger partial charge in [0.1, 0.15) is 5.01 Å². The third-order valence-electron chi connectivity index (χ3n) is 3.50. The van der Waals surface area contributed by atoms with Crippen LogP contribution in [-0.4, -0.2) is 33.0 Å². The fourth-order valence-electron chi connectivity index (χ4n) is 2.43. The molecule has 6 nitrogen and oxygen atoms in total. The van der Waals surface area contributed by atoms with E-state index in [4.69, 9.17) is 10.5 Å². The van der Waals surface area contributed by atoms with Crippen molar-refractivity contribution in [3.8, 4) is 10.6 Å². The van der Waals surface area contributed by atoms with Gasteiger partial charge < -0.3 is 10.5 Å². The molecule has 0 bridgehead atoms. The van der Waals surface area contributed by atoms with Crippen LogP contribution in [-0.2, 0) is 4.74 Å². The van der Waals surface area contributed by atoms with Gasteiger partial charge in [0.2, 0.25) is 4.96 Å². The standard InChI is InChI=1S/C13H13N5OS/c14-10-4-2-1-3-9(10)12-17-18-11(8-5-6-19-7-8)15-16-13(18)20-12/h1-4,8H,5-7,14H2. The predicted molar refractivity (Wildman–Crippen MR) is 76.7 cm³/mol. The van der Waals surface area contributed by atoms with Gasteiger partial charge in [-0.1, -0.05) is 23.5 Å². The minimum Gasteiger partial charge on any atom is -0.398 e. The lowest BCUT2D eigenvalue weighted by Gasteiger charge is -2.02. The molecule has 2 aromatic heterocycles. The van der Waals surface area contributed by atoms with Crippen molar-refractivity contribution in [3.05, 3.63) is 30.1 Å². The summed E-state index contributed by atoms with van der Waals surface area (Å²) in [6, 6.07) is 7.73. The SMILES string of the molecule is Nc1ccccc1-c1nn2c(C3CCOC3)nnc2s1. The summed E-state index contributed by atoms with van der Waals surface area (Å²) in [7, 11) is 0. The van der Waals surface area contributed by atoms with Crippen LogP contribution in [0.5, 0.6) is 0 Å². The Bertz CT molecular complexity index is 759. The molecule has 4 rings (SSSR count). The molecule has 1 saturated heterocycles. The highest BCUT2D eigenvalue weighted by Gasteiger charge is 2.25. The van der Waals surface area contributed by atoms with E-state index in [0.717, 1.165) is 40.1 Å². The molecule has 1 fully saturated rings. The minimum atomic E-state index is 0.285. The topological polar surface area (TPSA) is 78.3 Å². The van der Waals surface area contributed by atoms with Crippen LogP contribution in [0.4, 0.5) is 5.69 Å². The number of anilines is 1. The summed E-state index contributed by atoms with van der Waals surface area (Å²) in [5.41, 5.74) is 7.67. The largest absolute Gasteiger partial charge is 0.398 e. The molecule has 0 amide bonds.